The van der Waals surface area contributed by atoms with Crippen LogP contribution in [-0.2, 0) is 17.8 Å². The molecule has 1 aliphatic rings. The van der Waals surface area contributed by atoms with Crippen LogP contribution < -0.4 is 10.6 Å². The molecule has 4 nitrogen and oxygen atoms in total. The Bertz CT molecular complexity index is 760. The Kier molecular flexibility index (Phi) is 6.64. The Morgan fingerprint density at radius 3 is 2.15 bits per heavy atom. The summed E-state index contributed by atoms with van der Waals surface area (Å²) in [5.41, 5.74) is 3.65. The van der Waals surface area contributed by atoms with Crippen molar-refractivity contribution in [2.75, 3.05) is 5.32 Å². The van der Waals surface area contributed by atoms with Gasteiger partial charge in [-0.3, -0.25) is 9.59 Å². The first-order valence-corrected chi connectivity index (χ1v) is 9.92. The van der Waals surface area contributed by atoms with E-state index in [1.54, 1.807) is 12.1 Å². The van der Waals surface area contributed by atoms with Gasteiger partial charge in [-0.05, 0) is 54.7 Å². The van der Waals surface area contributed by atoms with Gasteiger partial charge in [0.2, 0.25) is 5.91 Å². The molecule has 0 saturated heterocycles. The topological polar surface area (TPSA) is 58.2 Å². The maximum atomic E-state index is 12.4. The summed E-state index contributed by atoms with van der Waals surface area (Å²) in [7, 11) is 0. The van der Waals surface area contributed by atoms with Crippen LogP contribution in [0, 0.1) is 5.92 Å². The average molecular weight is 364 g/mol. The molecule has 0 heterocycles. The van der Waals surface area contributed by atoms with Crippen LogP contribution in [0.25, 0.3) is 0 Å². The lowest BCUT2D eigenvalue weighted by atomic mass is 9.88. The zero-order chi connectivity index (χ0) is 19.1. The van der Waals surface area contributed by atoms with Gasteiger partial charge in [0.1, 0.15) is 0 Å². The van der Waals surface area contributed by atoms with Gasteiger partial charge in [0.15, 0.2) is 0 Å². The number of amides is 2. The smallest absolute Gasteiger partial charge is 0.255 e. The van der Waals surface area contributed by atoms with E-state index < -0.39 is 0 Å². The summed E-state index contributed by atoms with van der Waals surface area (Å²) in [6.45, 7) is 2.61. The van der Waals surface area contributed by atoms with Crippen LogP contribution >= 0.6 is 0 Å². The van der Waals surface area contributed by atoms with E-state index in [-0.39, 0.29) is 17.7 Å². The van der Waals surface area contributed by atoms with Gasteiger partial charge in [-0.1, -0.05) is 50.5 Å². The van der Waals surface area contributed by atoms with Crippen LogP contribution in [0.1, 0.15) is 60.5 Å². The van der Waals surface area contributed by atoms with E-state index >= 15 is 0 Å². The molecule has 2 aromatic carbocycles. The molecule has 1 saturated carbocycles. The zero-order valence-electron chi connectivity index (χ0n) is 16.0. The molecule has 0 bridgehead atoms. The second-order valence-corrected chi connectivity index (χ2v) is 7.25. The number of carbonyl (C=O) groups is 2. The van der Waals surface area contributed by atoms with Crippen molar-refractivity contribution in [2.45, 2.75) is 52.0 Å². The number of hydrogen-bond donors (Lipinski definition) is 2. The van der Waals surface area contributed by atoms with Gasteiger partial charge in [-0.25, -0.2) is 0 Å². The molecule has 2 amide bonds. The number of hydrogen-bond acceptors (Lipinski definition) is 2. The highest BCUT2D eigenvalue weighted by Crippen LogP contribution is 2.23. The van der Waals surface area contributed by atoms with Crippen molar-refractivity contribution in [1.82, 2.24) is 5.32 Å². The van der Waals surface area contributed by atoms with Crippen LogP contribution in [0.4, 0.5) is 5.69 Å². The molecule has 0 radical (unpaired) electrons. The largest absolute Gasteiger partial charge is 0.352 e. The van der Waals surface area contributed by atoms with E-state index in [9.17, 15) is 9.59 Å². The first-order chi connectivity index (χ1) is 13.2. The third kappa shape index (κ3) is 5.43. The number of carbonyl (C=O) groups excluding carboxylic acids is 2. The molecule has 1 fully saturated rings. The van der Waals surface area contributed by atoms with Crippen molar-refractivity contribution in [2.24, 2.45) is 5.92 Å². The molecule has 0 aliphatic heterocycles. The molecule has 3 rings (SSSR count). The predicted molar refractivity (Wildman–Crippen MR) is 109 cm³/mol. The summed E-state index contributed by atoms with van der Waals surface area (Å²) in [6.07, 6.45) is 6.55. The minimum Gasteiger partial charge on any atom is -0.352 e. The van der Waals surface area contributed by atoms with Crippen LogP contribution in [-0.4, -0.2) is 11.8 Å². The van der Waals surface area contributed by atoms with Gasteiger partial charge < -0.3 is 10.6 Å². The third-order valence-corrected chi connectivity index (χ3v) is 5.28. The van der Waals surface area contributed by atoms with Crippen LogP contribution in [0.5, 0.6) is 0 Å². The third-order valence-electron chi connectivity index (χ3n) is 5.28. The molecular weight excluding hydrogens is 336 g/mol. The summed E-state index contributed by atoms with van der Waals surface area (Å²) in [5.74, 6) is 0.201. The Labute approximate surface area is 161 Å². The van der Waals surface area contributed by atoms with E-state index in [0.29, 0.717) is 12.1 Å². The molecule has 0 aromatic heterocycles. The molecule has 0 unspecified atom stereocenters. The highest BCUT2D eigenvalue weighted by Gasteiger charge is 2.20. The normalized spacial score (nSPS) is 14.6. The number of benzene rings is 2. The van der Waals surface area contributed by atoms with Gasteiger partial charge in [-0.15, -0.1) is 0 Å². The first-order valence-electron chi connectivity index (χ1n) is 9.92. The highest BCUT2D eigenvalue weighted by atomic mass is 16.2. The summed E-state index contributed by atoms with van der Waals surface area (Å²) in [4.78, 5) is 24.6. The van der Waals surface area contributed by atoms with Crippen LogP contribution in [0.3, 0.4) is 0 Å². The fraction of sp³-hybridized carbons (Fsp3) is 0.391. The second-order valence-electron chi connectivity index (χ2n) is 7.25. The molecule has 142 valence electrons. The minimum atomic E-state index is -0.128. The highest BCUT2D eigenvalue weighted by molar-refractivity contribution is 6.04. The maximum Gasteiger partial charge on any atom is 0.255 e. The fourth-order valence-corrected chi connectivity index (χ4v) is 3.50. The lowest BCUT2D eigenvalue weighted by Crippen LogP contribution is -2.31. The fourth-order valence-electron chi connectivity index (χ4n) is 3.50. The summed E-state index contributed by atoms with van der Waals surface area (Å²) >= 11 is 0. The van der Waals surface area contributed by atoms with Gasteiger partial charge in [0.25, 0.3) is 5.91 Å². The minimum absolute atomic E-state index is 0.128. The molecule has 2 N–H and O–H groups in total. The Morgan fingerprint density at radius 2 is 1.52 bits per heavy atom. The van der Waals surface area contributed by atoms with Crippen molar-refractivity contribution >= 4 is 17.5 Å². The predicted octanol–water partition coefficient (Wildman–Crippen LogP) is 4.70. The lowest BCUT2D eigenvalue weighted by molar-refractivity contribution is -0.126. The molecule has 0 atom stereocenters. The van der Waals surface area contributed by atoms with E-state index in [1.165, 1.54) is 12.0 Å². The van der Waals surface area contributed by atoms with E-state index in [0.717, 1.165) is 43.4 Å². The Hall–Kier alpha value is -2.62. The van der Waals surface area contributed by atoms with Gasteiger partial charge in [0.05, 0.1) is 0 Å². The number of aryl methyl sites for hydroxylation is 1. The summed E-state index contributed by atoms with van der Waals surface area (Å²) in [6, 6.07) is 15.3. The van der Waals surface area contributed by atoms with E-state index in [4.69, 9.17) is 0 Å². The maximum absolute atomic E-state index is 12.4. The zero-order valence-corrected chi connectivity index (χ0v) is 16.0. The number of anilines is 1. The first kappa shape index (κ1) is 19.2. The molecule has 4 heteroatoms. The van der Waals surface area contributed by atoms with Crippen molar-refractivity contribution in [3.63, 3.8) is 0 Å². The molecule has 27 heavy (non-hydrogen) atoms. The quantitative estimate of drug-likeness (QED) is 0.781. The summed E-state index contributed by atoms with van der Waals surface area (Å²) < 4.78 is 0. The van der Waals surface area contributed by atoms with Gasteiger partial charge in [-0.2, -0.15) is 0 Å². The average Bonchev–Trinajstić information content (AvgIpc) is 2.73. The second kappa shape index (κ2) is 9.36. The van der Waals surface area contributed by atoms with Gasteiger partial charge >= 0.3 is 0 Å². The lowest BCUT2D eigenvalue weighted by Gasteiger charge is -2.20. The van der Waals surface area contributed by atoms with Gasteiger partial charge in [0, 0.05) is 23.7 Å². The van der Waals surface area contributed by atoms with Crippen molar-refractivity contribution in [3.05, 3.63) is 65.2 Å². The number of rotatable bonds is 6. The Morgan fingerprint density at radius 1 is 0.889 bits per heavy atom. The Balaban J connectivity index is 1.51. The standard InChI is InChI=1S/C23H28N2O2/c1-2-17-10-14-21(15-11-17)25-23(27)20-12-8-18(9-13-20)16-24-22(26)19-6-4-3-5-7-19/h8-15,19H,2-7,16H2,1H3,(H,24,26)(H,25,27). The monoisotopic (exact) mass is 364 g/mol. The van der Waals surface area contributed by atoms with Crippen molar-refractivity contribution in [1.29, 1.82) is 0 Å². The molecule has 2 aromatic rings. The molecular formula is C23H28N2O2. The van der Waals surface area contributed by atoms with Crippen LogP contribution in [0.2, 0.25) is 0 Å². The van der Waals surface area contributed by atoms with E-state index in [2.05, 4.69) is 17.6 Å². The number of nitrogens with one attached hydrogen (secondary N) is 2. The van der Waals surface area contributed by atoms with Crippen molar-refractivity contribution < 1.29 is 9.59 Å². The van der Waals surface area contributed by atoms with Crippen molar-refractivity contribution in [3.8, 4) is 0 Å². The van der Waals surface area contributed by atoms with Crippen LogP contribution in [0.15, 0.2) is 48.5 Å². The van der Waals surface area contributed by atoms with E-state index in [1.807, 2.05) is 36.4 Å². The SMILES string of the molecule is CCc1ccc(NC(=O)c2ccc(CNC(=O)C3CCCCC3)cc2)cc1. The summed E-state index contributed by atoms with van der Waals surface area (Å²) in [5, 5.41) is 5.94. The molecule has 0 spiro atoms. The molecule has 1 aliphatic carbocycles.